The standard InChI is InChI=1S/C20H18ClN5/c1-2-22-15-7-3-5-13(9-15)18-11-17-19(23-12-24-20(17)26-18)25-16-8-4-6-14(21)10-16/h3-12,22H,2H2,1H3,(H2,23,24,25,26). The van der Waals surface area contributed by atoms with Gasteiger partial charge in [-0.3, -0.25) is 0 Å². The van der Waals surface area contributed by atoms with Crippen LogP contribution in [-0.2, 0) is 0 Å². The molecule has 2 aromatic carbocycles. The molecule has 0 amide bonds. The highest BCUT2D eigenvalue weighted by atomic mass is 35.5. The van der Waals surface area contributed by atoms with Crippen molar-refractivity contribution in [1.82, 2.24) is 15.0 Å². The van der Waals surface area contributed by atoms with Crippen molar-refractivity contribution >= 4 is 39.8 Å². The maximum atomic E-state index is 6.07. The molecule has 2 heterocycles. The average Bonchev–Trinajstić information content (AvgIpc) is 3.08. The number of anilines is 3. The quantitative estimate of drug-likeness (QED) is 0.441. The number of benzene rings is 2. The zero-order chi connectivity index (χ0) is 17.9. The first-order valence-corrected chi connectivity index (χ1v) is 8.81. The molecule has 0 aliphatic carbocycles. The van der Waals surface area contributed by atoms with Crippen molar-refractivity contribution in [2.24, 2.45) is 0 Å². The molecule has 4 rings (SSSR count). The first kappa shape index (κ1) is 16.4. The summed E-state index contributed by atoms with van der Waals surface area (Å²) in [5.41, 5.74) is 4.85. The predicted octanol–water partition coefficient (Wildman–Crippen LogP) is 5.45. The zero-order valence-corrected chi connectivity index (χ0v) is 15.0. The Balaban J connectivity index is 1.72. The Kier molecular flexibility index (Phi) is 4.46. The summed E-state index contributed by atoms with van der Waals surface area (Å²) >= 11 is 6.07. The van der Waals surface area contributed by atoms with Gasteiger partial charge in [0.1, 0.15) is 17.8 Å². The molecule has 5 nitrogen and oxygen atoms in total. The molecule has 0 saturated carbocycles. The number of aromatic nitrogens is 3. The van der Waals surface area contributed by atoms with Crippen molar-refractivity contribution in [3.8, 4) is 11.3 Å². The average molecular weight is 364 g/mol. The number of nitrogens with one attached hydrogen (secondary N) is 3. The van der Waals surface area contributed by atoms with Crippen LogP contribution in [0.15, 0.2) is 60.9 Å². The van der Waals surface area contributed by atoms with Gasteiger partial charge in [-0.05, 0) is 43.3 Å². The van der Waals surface area contributed by atoms with Crippen LogP contribution in [0.2, 0.25) is 5.02 Å². The molecule has 2 aromatic heterocycles. The highest BCUT2D eigenvalue weighted by Crippen LogP contribution is 2.30. The second-order valence-corrected chi connectivity index (χ2v) is 6.35. The number of halogens is 1. The third kappa shape index (κ3) is 3.34. The Morgan fingerprint density at radius 3 is 2.69 bits per heavy atom. The summed E-state index contributed by atoms with van der Waals surface area (Å²) < 4.78 is 0. The van der Waals surface area contributed by atoms with Gasteiger partial charge in [0.2, 0.25) is 0 Å². The molecule has 130 valence electrons. The van der Waals surface area contributed by atoms with Gasteiger partial charge in [-0.1, -0.05) is 29.8 Å². The summed E-state index contributed by atoms with van der Waals surface area (Å²) in [5, 5.41) is 8.25. The van der Waals surface area contributed by atoms with Gasteiger partial charge in [0.25, 0.3) is 0 Å². The second kappa shape index (κ2) is 7.06. The Morgan fingerprint density at radius 1 is 1.00 bits per heavy atom. The van der Waals surface area contributed by atoms with Crippen molar-refractivity contribution in [3.05, 3.63) is 65.9 Å². The summed E-state index contributed by atoms with van der Waals surface area (Å²) in [6, 6.07) is 17.9. The number of nitrogens with zero attached hydrogens (tertiary/aromatic N) is 2. The molecule has 0 saturated heterocycles. The Morgan fingerprint density at radius 2 is 1.85 bits per heavy atom. The van der Waals surface area contributed by atoms with Gasteiger partial charge >= 0.3 is 0 Å². The molecular formula is C20H18ClN5. The van der Waals surface area contributed by atoms with Crippen LogP contribution in [0.25, 0.3) is 22.3 Å². The molecule has 4 aromatic rings. The van der Waals surface area contributed by atoms with Crippen LogP contribution >= 0.6 is 11.6 Å². The van der Waals surface area contributed by atoms with Crippen LogP contribution in [0.5, 0.6) is 0 Å². The molecule has 0 spiro atoms. The number of hydrogen-bond acceptors (Lipinski definition) is 4. The number of rotatable bonds is 5. The van der Waals surface area contributed by atoms with E-state index in [1.807, 2.05) is 30.3 Å². The van der Waals surface area contributed by atoms with Crippen molar-refractivity contribution < 1.29 is 0 Å². The van der Waals surface area contributed by atoms with Crippen LogP contribution in [-0.4, -0.2) is 21.5 Å². The number of H-pyrrole nitrogens is 1. The highest BCUT2D eigenvalue weighted by Gasteiger charge is 2.10. The summed E-state index contributed by atoms with van der Waals surface area (Å²) in [5.74, 6) is 0.739. The van der Waals surface area contributed by atoms with E-state index < -0.39 is 0 Å². The molecule has 0 aliphatic heterocycles. The van der Waals surface area contributed by atoms with Gasteiger partial charge < -0.3 is 15.6 Å². The fourth-order valence-corrected chi connectivity index (χ4v) is 3.09. The van der Waals surface area contributed by atoms with Gasteiger partial charge in [0.15, 0.2) is 0 Å². The van der Waals surface area contributed by atoms with Gasteiger partial charge in [-0.25, -0.2) is 9.97 Å². The van der Waals surface area contributed by atoms with Gasteiger partial charge in [0, 0.05) is 34.2 Å². The number of aromatic amines is 1. The molecule has 0 unspecified atom stereocenters. The Labute approximate surface area is 156 Å². The van der Waals surface area contributed by atoms with E-state index in [2.05, 4.69) is 56.8 Å². The molecule has 0 fully saturated rings. The monoisotopic (exact) mass is 363 g/mol. The highest BCUT2D eigenvalue weighted by molar-refractivity contribution is 6.30. The minimum Gasteiger partial charge on any atom is -0.385 e. The number of fused-ring (bicyclic) bond motifs is 1. The van der Waals surface area contributed by atoms with Crippen molar-refractivity contribution in [2.45, 2.75) is 6.92 Å². The molecule has 3 N–H and O–H groups in total. The number of hydrogen-bond donors (Lipinski definition) is 3. The lowest BCUT2D eigenvalue weighted by Crippen LogP contribution is -1.95. The van der Waals surface area contributed by atoms with Crippen molar-refractivity contribution in [1.29, 1.82) is 0 Å². The van der Waals surface area contributed by atoms with Gasteiger partial charge in [-0.2, -0.15) is 0 Å². The van der Waals surface area contributed by atoms with E-state index in [1.165, 1.54) is 0 Å². The Bertz CT molecular complexity index is 1060. The minimum atomic E-state index is 0.676. The van der Waals surface area contributed by atoms with E-state index in [0.717, 1.165) is 46.0 Å². The fraction of sp³-hybridized carbons (Fsp3) is 0.100. The molecular weight excluding hydrogens is 346 g/mol. The van der Waals surface area contributed by atoms with Gasteiger partial charge in [-0.15, -0.1) is 0 Å². The van der Waals surface area contributed by atoms with E-state index in [9.17, 15) is 0 Å². The van der Waals surface area contributed by atoms with E-state index in [1.54, 1.807) is 6.33 Å². The third-order valence-electron chi connectivity index (χ3n) is 4.07. The maximum Gasteiger partial charge on any atom is 0.143 e. The topological polar surface area (TPSA) is 65.6 Å². The molecule has 0 aliphatic rings. The third-order valence-corrected chi connectivity index (χ3v) is 4.30. The first-order valence-electron chi connectivity index (χ1n) is 8.43. The molecule has 0 radical (unpaired) electrons. The summed E-state index contributed by atoms with van der Waals surface area (Å²) in [6.07, 6.45) is 1.55. The first-order chi connectivity index (χ1) is 12.7. The summed E-state index contributed by atoms with van der Waals surface area (Å²) in [7, 11) is 0. The lowest BCUT2D eigenvalue weighted by Gasteiger charge is -2.06. The largest absolute Gasteiger partial charge is 0.385 e. The minimum absolute atomic E-state index is 0.676. The molecule has 26 heavy (non-hydrogen) atoms. The smallest absolute Gasteiger partial charge is 0.143 e. The summed E-state index contributed by atoms with van der Waals surface area (Å²) in [6.45, 7) is 2.97. The van der Waals surface area contributed by atoms with Crippen molar-refractivity contribution in [2.75, 3.05) is 17.2 Å². The summed E-state index contributed by atoms with van der Waals surface area (Å²) in [4.78, 5) is 12.1. The van der Waals surface area contributed by atoms with E-state index >= 15 is 0 Å². The SMILES string of the molecule is CCNc1cccc(-c2cc3c(Nc4cccc(Cl)c4)ncnc3[nH]2)c1. The zero-order valence-electron chi connectivity index (χ0n) is 14.3. The molecule has 0 bridgehead atoms. The molecule has 6 heteroatoms. The fourth-order valence-electron chi connectivity index (χ4n) is 2.90. The normalized spacial score (nSPS) is 10.8. The van der Waals surface area contributed by atoms with Crippen molar-refractivity contribution in [3.63, 3.8) is 0 Å². The lowest BCUT2D eigenvalue weighted by molar-refractivity contribution is 1.20. The predicted molar refractivity (Wildman–Crippen MR) is 108 cm³/mol. The van der Waals surface area contributed by atoms with E-state index in [4.69, 9.17) is 11.6 Å². The van der Waals surface area contributed by atoms with Gasteiger partial charge in [0.05, 0.1) is 5.39 Å². The van der Waals surface area contributed by atoms with Crippen LogP contribution in [0, 0.1) is 0 Å². The lowest BCUT2D eigenvalue weighted by atomic mass is 10.1. The molecule has 0 atom stereocenters. The second-order valence-electron chi connectivity index (χ2n) is 5.91. The van der Waals surface area contributed by atoms with E-state index in [0.29, 0.717) is 5.02 Å². The maximum absolute atomic E-state index is 6.07. The van der Waals surface area contributed by atoms with E-state index in [-0.39, 0.29) is 0 Å². The van der Waals surface area contributed by atoms with Crippen LogP contribution < -0.4 is 10.6 Å². The van der Waals surface area contributed by atoms with Crippen LogP contribution in [0.1, 0.15) is 6.92 Å². The van der Waals surface area contributed by atoms with Crippen LogP contribution in [0.4, 0.5) is 17.2 Å². The Hall–Kier alpha value is -3.05. The van der Waals surface area contributed by atoms with Crippen LogP contribution in [0.3, 0.4) is 0 Å².